The highest BCUT2D eigenvalue weighted by Crippen LogP contribution is 2.17. The van der Waals surface area contributed by atoms with E-state index in [0.717, 1.165) is 5.69 Å². The van der Waals surface area contributed by atoms with Gasteiger partial charge in [0.15, 0.2) is 5.11 Å². The van der Waals surface area contributed by atoms with E-state index in [0.29, 0.717) is 11.2 Å². The van der Waals surface area contributed by atoms with Crippen molar-refractivity contribution in [1.29, 1.82) is 0 Å². The first kappa shape index (κ1) is 11.3. The highest BCUT2D eigenvalue weighted by molar-refractivity contribution is 7.80. The van der Waals surface area contributed by atoms with E-state index in [-0.39, 0.29) is 0 Å². The fourth-order valence-corrected chi connectivity index (χ4v) is 2.32. The molecule has 0 spiro atoms. The van der Waals surface area contributed by atoms with Gasteiger partial charge in [-0.1, -0.05) is 19.3 Å². The topological polar surface area (TPSA) is 37.0 Å². The van der Waals surface area contributed by atoms with Crippen LogP contribution in [-0.4, -0.2) is 16.1 Å². The monoisotopic (exact) mass is 235 g/mol. The van der Waals surface area contributed by atoms with Crippen molar-refractivity contribution in [2.45, 2.75) is 38.1 Å². The number of hydrogen-bond donors (Lipinski definition) is 2. The van der Waals surface area contributed by atoms with Gasteiger partial charge in [-0.05, 0) is 37.2 Å². The van der Waals surface area contributed by atoms with Crippen molar-refractivity contribution in [1.82, 2.24) is 10.3 Å². The van der Waals surface area contributed by atoms with Crippen molar-refractivity contribution in [2.24, 2.45) is 0 Å². The summed E-state index contributed by atoms with van der Waals surface area (Å²) in [6, 6.07) is 4.40. The van der Waals surface area contributed by atoms with Crippen LogP contribution in [0.2, 0.25) is 0 Å². The summed E-state index contributed by atoms with van der Waals surface area (Å²) >= 11 is 5.27. The third kappa shape index (κ3) is 3.45. The van der Waals surface area contributed by atoms with Gasteiger partial charge in [-0.15, -0.1) is 0 Å². The molecule has 4 heteroatoms. The van der Waals surface area contributed by atoms with Crippen molar-refractivity contribution < 1.29 is 0 Å². The molecule has 0 saturated heterocycles. The van der Waals surface area contributed by atoms with E-state index in [9.17, 15) is 0 Å². The molecule has 0 amide bonds. The van der Waals surface area contributed by atoms with Crippen LogP contribution in [0.5, 0.6) is 0 Å². The summed E-state index contributed by atoms with van der Waals surface area (Å²) in [5.74, 6) is 0. The molecular formula is C12H17N3S. The number of aromatic nitrogens is 1. The third-order valence-corrected chi connectivity index (χ3v) is 3.08. The predicted octanol–water partition coefficient (Wildman–Crippen LogP) is 2.70. The summed E-state index contributed by atoms with van der Waals surface area (Å²) in [5, 5.41) is 7.22. The second-order valence-electron chi connectivity index (χ2n) is 4.18. The molecule has 16 heavy (non-hydrogen) atoms. The van der Waals surface area contributed by atoms with E-state index >= 15 is 0 Å². The van der Waals surface area contributed by atoms with Gasteiger partial charge < -0.3 is 10.6 Å². The van der Waals surface area contributed by atoms with E-state index in [1.165, 1.54) is 32.1 Å². The summed E-state index contributed by atoms with van der Waals surface area (Å²) in [6.45, 7) is 0. The molecule has 0 aliphatic heterocycles. The van der Waals surface area contributed by atoms with Crippen molar-refractivity contribution in [3.8, 4) is 0 Å². The normalized spacial score (nSPS) is 16.8. The Morgan fingerprint density at radius 1 is 1.31 bits per heavy atom. The molecule has 2 rings (SSSR count). The second kappa shape index (κ2) is 5.80. The van der Waals surface area contributed by atoms with Gasteiger partial charge in [-0.3, -0.25) is 4.98 Å². The zero-order chi connectivity index (χ0) is 11.2. The number of nitrogens with one attached hydrogen (secondary N) is 2. The highest BCUT2D eigenvalue weighted by Gasteiger charge is 2.13. The van der Waals surface area contributed by atoms with Crippen LogP contribution in [0.1, 0.15) is 32.1 Å². The molecule has 0 unspecified atom stereocenters. The number of rotatable bonds is 2. The fraction of sp³-hybridized carbons (Fsp3) is 0.500. The SMILES string of the molecule is S=C(Nc1cccnc1)NC1CCCCC1. The molecule has 1 fully saturated rings. The summed E-state index contributed by atoms with van der Waals surface area (Å²) in [4.78, 5) is 4.03. The van der Waals surface area contributed by atoms with Crippen LogP contribution in [-0.2, 0) is 0 Å². The van der Waals surface area contributed by atoms with Crippen LogP contribution in [0.4, 0.5) is 5.69 Å². The Bertz CT molecular complexity index is 333. The first-order chi connectivity index (χ1) is 7.84. The molecule has 1 aliphatic rings. The van der Waals surface area contributed by atoms with E-state index in [4.69, 9.17) is 12.2 Å². The molecule has 1 aromatic heterocycles. The Hall–Kier alpha value is -1.16. The van der Waals surface area contributed by atoms with Gasteiger partial charge in [-0.25, -0.2) is 0 Å². The van der Waals surface area contributed by atoms with Crippen LogP contribution < -0.4 is 10.6 Å². The Morgan fingerprint density at radius 3 is 2.81 bits per heavy atom. The maximum absolute atomic E-state index is 5.27. The molecule has 1 saturated carbocycles. The quantitative estimate of drug-likeness (QED) is 0.773. The Balaban J connectivity index is 1.80. The largest absolute Gasteiger partial charge is 0.360 e. The molecule has 0 radical (unpaired) electrons. The van der Waals surface area contributed by atoms with Gasteiger partial charge in [-0.2, -0.15) is 0 Å². The molecule has 0 aromatic carbocycles. The van der Waals surface area contributed by atoms with Gasteiger partial charge in [0.05, 0.1) is 11.9 Å². The van der Waals surface area contributed by atoms with Gasteiger partial charge in [0.2, 0.25) is 0 Å². The zero-order valence-electron chi connectivity index (χ0n) is 9.28. The Kier molecular flexibility index (Phi) is 4.10. The molecule has 1 aliphatic carbocycles. The summed E-state index contributed by atoms with van der Waals surface area (Å²) in [6.07, 6.45) is 9.97. The maximum Gasteiger partial charge on any atom is 0.171 e. The summed E-state index contributed by atoms with van der Waals surface area (Å²) in [7, 11) is 0. The minimum Gasteiger partial charge on any atom is -0.360 e. The van der Waals surface area contributed by atoms with E-state index in [2.05, 4.69) is 15.6 Å². The van der Waals surface area contributed by atoms with Crippen LogP contribution in [0.15, 0.2) is 24.5 Å². The second-order valence-corrected chi connectivity index (χ2v) is 4.58. The predicted molar refractivity (Wildman–Crippen MR) is 70.5 cm³/mol. The molecule has 1 heterocycles. The van der Waals surface area contributed by atoms with Crippen LogP contribution in [0, 0.1) is 0 Å². The van der Waals surface area contributed by atoms with Crippen molar-refractivity contribution >= 4 is 23.0 Å². The molecule has 0 atom stereocenters. The zero-order valence-corrected chi connectivity index (χ0v) is 10.1. The number of pyridine rings is 1. The minimum atomic E-state index is 0.547. The van der Waals surface area contributed by atoms with Crippen molar-refractivity contribution in [3.63, 3.8) is 0 Å². The first-order valence-electron chi connectivity index (χ1n) is 5.82. The fourth-order valence-electron chi connectivity index (χ4n) is 2.04. The van der Waals surface area contributed by atoms with E-state index in [1.807, 2.05) is 12.1 Å². The van der Waals surface area contributed by atoms with Gasteiger partial charge in [0, 0.05) is 12.2 Å². The van der Waals surface area contributed by atoms with Crippen molar-refractivity contribution in [2.75, 3.05) is 5.32 Å². The van der Waals surface area contributed by atoms with Crippen molar-refractivity contribution in [3.05, 3.63) is 24.5 Å². The van der Waals surface area contributed by atoms with Crippen LogP contribution in [0.3, 0.4) is 0 Å². The smallest absolute Gasteiger partial charge is 0.171 e. The third-order valence-electron chi connectivity index (χ3n) is 2.86. The molecular weight excluding hydrogens is 218 g/mol. The molecule has 86 valence electrons. The van der Waals surface area contributed by atoms with E-state index in [1.54, 1.807) is 12.4 Å². The summed E-state index contributed by atoms with van der Waals surface area (Å²) < 4.78 is 0. The lowest BCUT2D eigenvalue weighted by atomic mass is 9.96. The lowest BCUT2D eigenvalue weighted by molar-refractivity contribution is 0.415. The standard InChI is InChI=1S/C12H17N3S/c16-12(14-10-5-2-1-3-6-10)15-11-7-4-8-13-9-11/h4,7-10H,1-3,5-6H2,(H2,14,15,16). The molecule has 3 nitrogen and oxygen atoms in total. The number of hydrogen-bond acceptors (Lipinski definition) is 2. The van der Waals surface area contributed by atoms with Gasteiger partial charge in [0.25, 0.3) is 0 Å². The molecule has 0 bridgehead atoms. The number of anilines is 1. The average molecular weight is 235 g/mol. The average Bonchev–Trinajstić information content (AvgIpc) is 2.31. The maximum atomic E-state index is 5.27. The Labute approximate surface area is 102 Å². The number of thiocarbonyl (C=S) groups is 1. The van der Waals surface area contributed by atoms with Crippen LogP contribution >= 0.6 is 12.2 Å². The molecule has 2 N–H and O–H groups in total. The molecule has 1 aromatic rings. The highest BCUT2D eigenvalue weighted by atomic mass is 32.1. The Morgan fingerprint density at radius 2 is 2.12 bits per heavy atom. The van der Waals surface area contributed by atoms with Crippen LogP contribution in [0.25, 0.3) is 0 Å². The number of nitrogens with zero attached hydrogens (tertiary/aromatic N) is 1. The first-order valence-corrected chi connectivity index (χ1v) is 6.23. The van der Waals surface area contributed by atoms with Gasteiger partial charge in [0.1, 0.15) is 0 Å². The minimum absolute atomic E-state index is 0.547. The summed E-state index contributed by atoms with van der Waals surface area (Å²) in [5.41, 5.74) is 0.941. The lowest BCUT2D eigenvalue weighted by Crippen LogP contribution is -2.38. The lowest BCUT2D eigenvalue weighted by Gasteiger charge is -2.24. The van der Waals surface area contributed by atoms with Gasteiger partial charge >= 0.3 is 0 Å². The van der Waals surface area contributed by atoms with E-state index < -0.39 is 0 Å².